The molecule has 0 heterocycles. The average molecular weight is 426 g/mol. The Bertz CT molecular complexity index is 867. The molecule has 30 heavy (non-hydrogen) atoms. The molecule has 0 radical (unpaired) electrons. The maximum atomic E-state index is 6.65. The van der Waals surface area contributed by atoms with Crippen molar-refractivity contribution in [2.75, 3.05) is 7.11 Å². The Hall–Kier alpha value is -1.71. The summed E-state index contributed by atoms with van der Waals surface area (Å²) in [5.74, 6) is 5.16. The van der Waals surface area contributed by atoms with Gasteiger partial charge < -0.3 is 14.8 Å². The van der Waals surface area contributed by atoms with E-state index < -0.39 is 0 Å². The second kappa shape index (κ2) is 8.43. The molecule has 4 fully saturated rings. The van der Waals surface area contributed by atoms with Crippen molar-refractivity contribution in [3.05, 3.63) is 58.1 Å². The molecule has 2 aromatic carbocycles. The van der Waals surface area contributed by atoms with Crippen LogP contribution >= 0.6 is 11.6 Å². The van der Waals surface area contributed by atoms with Crippen LogP contribution in [0.1, 0.15) is 48.8 Å². The molecule has 0 saturated heterocycles. The van der Waals surface area contributed by atoms with Crippen LogP contribution in [0.5, 0.6) is 11.5 Å². The molecular weight excluding hydrogens is 394 g/mol. The minimum Gasteiger partial charge on any atom is -0.493 e. The molecule has 4 aliphatic rings. The lowest BCUT2D eigenvalue weighted by Gasteiger charge is -2.54. The third-order valence-corrected chi connectivity index (χ3v) is 7.95. The summed E-state index contributed by atoms with van der Waals surface area (Å²) in [6.07, 6.45) is 7.19. The van der Waals surface area contributed by atoms with Crippen molar-refractivity contribution in [3.8, 4) is 11.5 Å². The van der Waals surface area contributed by atoms with Crippen molar-refractivity contribution in [2.24, 2.45) is 23.7 Å². The summed E-state index contributed by atoms with van der Waals surface area (Å²) in [7, 11) is 1.69. The molecule has 0 atom stereocenters. The molecule has 4 heteroatoms. The summed E-state index contributed by atoms with van der Waals surface area (Å²) in [5, 5.41) is 4.62. The zero-order valence-electron chi connectivity index (χ0n) is 18.0. The van der Waals surface area contributed by atoms with Crippen LogP contribution < -0.4 is 14.8 Å². The van der Waals surface area contributed by atoms with Gasteiger partial charge in [0.15, 0.2) is 11.5 Å². The Morgan fingerprint density at radius 1 is 0.933 bits per heavy atom. The second-order valence-corrected chi connectivity index (χ2v) is 10.1. The third kappa shape index (κ3) is 4.07. The Balaban J connectivity index is 1.25. The van der Waals surface area contributed by atoms with Crippen LogP contribution in [-0.2, 0) is 13.2 Å². The molecule has 4 bridgehead atoms. The van der Waals surface area contributed by atoms with E-state index in [0.717, 1.165) is 52.1 Å². The molecule has 0 aromatic heterocycles. The number of hydrogen-bond acceptors (Lipinski definition) is 3. The fourth-order valence-electron chi connectivity index (χ4n) is 6.32. The van der Waals surface area contributed by atoms with E-state index in [1.165, 1.54) is 37.7 Å². The number of methoxy groups -OCH3 is 1. The predicted molar refractivity (Wildman–Crippen MR) is 121 cm³/mol. The van der Waals surface area contributed by atoms with E-state index in [4.69, 9.17) is 21.1 Å². The lowest BCUT2D eigenvalue weighted by molar-refractivity contribution is -0.0142. The largest absolute Gasteiger partial charge is 0.493 e. The van der Waals surface area contributed by atoms with Crippen LogP contribution in [0.2, 0.25) is 5.02 Å². The first-order valence-corrected chi connectivity index (χ1v) is 11.7. The van der Waals surface area contributed by atoms with Gasteiger partial charge in [-0.25, -0.2) is 0 Å². The summed E-state index contributed by atoms with van der Waals surface area (Å²) < 4.78 is 11.7. The summed E-state index contributed by atoms with van der Waals surface area (Å²) >= 11 is 6.65. The fraction of sp³-hybridized carbons (Fsp3) is 0.538. The zero-order valence-corrected chi connectivity index (χ0v) is 18.8. The monoisotopic (exact) mass is 425 g/mol. The van der Waals surface area contributed by atoms with Gasteiger partial charge >= 0.3 is 0 Å². The number of halogens is 1. The van der Waals surface area contributed by atoms with Crippen molar-refractivity contribution >= 4 is 11.6 Å². The third-order valence-electron chi connectivity index (χ3n) is 7.60. The molecule has 160 valence electrons. The Morgan fingerprint density at radius 3 is 2.23 bits per heavy atom. The molecule has 0 spiro atoms. The van der Waals surface area contributed by atoms with Gasteiger partial charge in [-0.2, -0.15) is 0 Å². The maximum Gasteiger partial charge on any atom is 0.163 e. The molecular formula is C26H32ClNO2. The SMILES string of the molecule is COc1cc(CNC2C3CC4CC(C3)CC2C4)c(Cl)cc1OCc1ccc(C)cc1. The van der Waals surface area contributed by atoms with Gasteiger partial charge in [0.25, 0.3) is 0 Å². The highest BCUT2D eigenvalue weighted by atomic mass is 35.5. The Morgan fingerprint density at radius 2 is 1.60 bits per heavy atom. The molecule has 1 N–H and O–H groups in total. The van der Waals surface area contributed by atoms with E-state index in [9.17, 15) is 0 Å². The van der Waals surface area contributed by atoms with E-state index in [-0.39, 0.29) is 0 Å². The molecule has 2 aromatic rings. The lowest BCUT2D eigenvalue weighted by atomic mass is 9.54. The molecule has 3 nitrogen and oxygen atoms in total. The van der Waals surface area contributed by atoms with E-state index in [1.54, 1.807) is 7.11 Å². The first-order chi connectivity index (χ1) is 14.6. The Labute approximate surface area is 185 Å². The van der Waals surface area contributed by atoms with Crippen molar-refractivity contribution in [2.45, 2.75) is 58.2 Å². The minimum atomic E-state index is 0.498. The van der Waals surface area contributed by atoms with E-state index in [1.807, 2.05) is 12.1 Å². The van der Waals surface area contributed by atoms with Crippen LogP contribution in [0.3, 0.4) is 0 Å². The van der Waals surface area contributed by atoms with Crippen molar-refractivity contribution in [1.29, 1.82) is 0 Å². The van der Waals surface area contributed by atoms with E-state index in [2.05, 4.69) is 36.5 Å². The smallest absolute Gasteiger partial charge is 0.163 e. The van der Waals surface area contributed by atoms with E-state index in [0.29, 0.717) is 18.4 Å². The standard InChI is InChI=1S/C26H32ClNO2/c1-16-3-5-17(6-4-16)15-30-25-13-23(27)22(12-24(25)29-2)14-28-26-20-8-18-7-19(10-20)11-21(26)9-18/h3-6,12-13,18-21,26,28H,7-11,14-15H2,1-2H3. The summed E-state index contributed by atoms with van der Waals surface area (Å²) in [4.78, 5) is 0. The average Bonchev–Trinajstić information content (AvgIpc) is 2.73. The highest BCUT2D eigenvalue weighted by Gasteiger charge is 2.47. The van der Waals surface area contributed by atoms with E-state index >= 15 is 0 Å². The van der Waals surface area contributed by atoms with Gasteiger partial charge in [0.1, 0.15) is 6.61 Å². The van der Waals surface area contributed by atoms with Crippen molar-refractivity contribution in [3.63, 3.8) is 0 Å². The van der Waals surface area contributed by atoms with Crippen LogP contribution in [0.25, 0.3) is 0 Å². The quantitative estimate of drug-likeness (QED) is 0.577. The first-order valence-electron chi connectivity index (χ1n) is 11.4. The zero-order chi connectivity index (χ0) is 20.7. The summed E-state index contributed by atoms with van der Waals surface area (Å²) in [6, 6.07) is 13.0. The first kappa shape index (κ1) is 20.2. The molecule has 0 unspecified atom stereocenters. The van der Waals surface area contributed by atoms with Gasteiger partial charge in [-0.3, -0.25) is 0 Å². The van der Waals surface area contributed by atoms with Gasteiger partial charge in [0, 0.05) is 23.7 Å². The highest BCUT2D eigenvalue weighted by Crippen LogP contribution is 2.53. The normalized spacial score (nSPS) is 29.2. The topological polar surface area (TPSA) is 30.5 Å². The highest BCUT2D eigenvalue weighted by molar-refractivity contribution is 6.31. The molecule has 4 aliphatic carbocycles. The predicted octanol–water partition coefficient (Wildman–Crippen LogP) is 6.15. The maximum absolute atomic E-state index is 6.65. The summed E-state index contributed by atoms with van der Waals surface area (Å²) in [6.45, 7) is 3.38. The Kier molecular flexibility index (Phi) is 5.68. The van der Waals surface area contributed by atoms with Gasteiger partial charge in [0.05, 0.1) is 7.11 Å². The van der Waals surface area contributed by atoms with Crippen LogP contribution in [0, 0.1) is 30.6 Å². The van der Waals surface area contributed by atoms with Gasteiger partial charge in [0.2, 0.25) is 0 Å². The lowest BCUT2D eigenvalue weighted by Crippen LogP contribution is -2.54. The minimum absolute atomic E-state index is 0.498. The van der Waals surface area contributed by atoms with Gasteiger partial charge in [-0.05, 0) is 79.9 Å². The number of aryl methyl sites for hydroxylation is 1. The van der Waals surface area contributed by atoms with Crippen molar-refractivity contribution < 1.29 is 9.47 Å². The molecule has 6 rings (SSSR count). The number of hydrogen-bond donors (Lipinski definition) is 1. The van der Waals surface area contributed by atoms with Crippen LogP contribution in [-0.4, -0.2) is 13.2 Å². The molecule has 4 saturated carbocycles. The van der Waals surface area contributed by atoms with Gasteiger partial charge in [-0.1, -0.05) is 41.4 Å². The van der Waals surface area contributed by atoms with Crippen LogP contribution in [0.15, 0.2) is 36.4 Å². The van der Waals surface area contributed by atoms with Crippen LogP contribution in [0.4, 0.5) is 0 Å². The number of ether oxygens (including phenoxy) is 2. The summed E-state index contributed by atoms with van der Waals surface area (Å²) in [5.41, 5.74) is 3.46. The number of nitrogens with one attached hydrogen (secondary N) is 1. The van der Waals surface area contributed by atoms with Gasteiger partial charge in [-0.15, -0.1) is 0 Å². The fourth-order valence-corrected chi connectivity index (χ4v) is 6.54. The molecule has 0 amide bonds. The second-order valence-electron chi connectivity index (χ2n) is 9.71. The number of benzene rings is 2. The number of rotatable bonds is 7. The molecule has 0 aliphatic heterocycles. The van der Waals surface area contributed by atoms with Crippen molar-refractivity contribution in [1.82, 2.24) is 5.32 Å².